The average Bonchev–Trinajstić information content (AvgIpc) is 3.83. The maximum absolute atomic E-state index is 11.4. The lowest BCUT2D eigenvalue weighted by Gasteiger charge is -2.29. The van der Waals surface area contributed by atoms with E-state index in [0.717, 1.165) is 63.7 Å². The molecular formula is C36H35ClN6O3S. The van der Waals surface area contributed by atoms with Crippen molar-refractivity contribution in [2.75, 3.05) is 33.2 Å². The Labute approximate surface area is 282 Å². The monoisotopic (exact) mass is 666 g/mol. The lowest BCUT2D eigenvalue weighted by molar-refractivity contribution is -0.141. The van der Waals surface area contributed by atoms with Crippen molar-refractivity contribution in [3.05, 3.63) is 82.8 Å². The number of likely N-dealkylation sites (tertiary alicyclic amines) is 2. The van der Waals surface area contributed by atoms with Gasteiger partial charge < -0.3 is 19.0 Å². The summed E-state index contributed by atoms with van der Waals surface area (Å²) in [5.74, 6) is -0.689. The van der Waals surface area contributed by atoms with Gasteiger partial charge in [0.05, 0.1) is 22.8 Å². The van der Waals surface area contributed by atoms with Crippen LogP contribution in [0.25, 0.3) is 33.7 Å². The molecule has 9 nitrogen and oxygen atoms in total. The molecule has 0 spiro atoms. The highest BCUT2D eigenvalue weighted by Crippen LogP contribution is 2.42. The van der Waals surface area contributed by atoms with E-state index < -0.39 is 5.97 Å². The van der Waals surface area contributed by atoms with Gasteiger partial charge in [-0.2, -0.15) is 5.26 Å². The van der Waals surface area contributed by atoms with Crippen molar-refractivity contribution in [1.29, 1.82) is 5.26 Å². The summed E-state index contributed by atoms with van der Waals surface area (Å²) in [7, 11) is 2.17. The number of benzene rings is 3. The Morgan fingerprint density at radius 3 is 2.64 bits per heavy atom. The smallest absolute Gasteiger partial charge is 0.307 e. The number of aromatic nitrogens is 3. The number of oxazole rings is 1. The molecule has 0 saturated carbocycles. The van der Waals surface area contributed by atoms with Crippen molar-refractivity contribution in [2.45, 2.75) is 48.7 Å². The molecule has 2 aromatic heterocycles. The van der Waals surface area contributed by atoms with E-state index in [4.69, 9.17) is 21.0 Å². The van der Waals surface area contributed by atoms with Crippen LogP contribution < -0.4 is 0 Å². The van der Waals surface area contributed by atoms with Crippen molar-refractivity contribution in [3.8, 4) is 28.7 Å². The summed E-state index contributed by atoms with van der Waals surface area (Å²) in [5.41, 5.74) is 6.02. The minimum Gasteiger partial charge on any atom is -0.481 e. The Hall–Kier alpha value is -4.14. The molecule has 5 aromatic rings. The second kappa shape index (κ2) is 13.2. The molecule has 2 fully saturated rings. The standard InChI is InChI=1S/C36H35ClN6O3S/c1-22-27(29-7-4-8-31(33(29)37)47-32-20-43(21-39-32)26-10-12-41(2)13-11-26)5-3-6-28(22)35-40-30-16-23(15-25(17-38)34(30)46-35)18-42-14-9-24(19-42)36(44)45/h3-8,15-16,20-21,24,26H,9-14,18-19H2,1-2H3,(H,44,45)/t24-/m1/s1. The SMILES string of the molecule is Cc1c(-c2nc3cc(CN4CC[C@@H](C(=O)O)C4)cc(C#N)c3o2)cccc1-c1cccc(Sc2cn(C3CCN(C)CC3)cn2)c1Cl. The van der Waals surface area contributed by atoms with Crippen LogP contribution in [-0.2, 0) is 11.3 Å². The number of hydrogen-bond acceptors (Lipinski definition) is 8. The van der Waals surface area contributed by atoms with Gasteiger partial charge in [0.25, 0.3) is 0 Å². The summed E-state index contributed by atoms with van der Waals surface area (Å²) in [6.45, 7) is 5.97. The van der Waals surface area contributed by atoms with E-state index in [1.807, 2.05) is 61.8 Å². The molecule has 3 aromatic carbocycles. The number of aliphatic carboxylic acids is 1. The molecule has 4 heterocycles. The first-order chi connectivity index (χ1) is 22.8. The molecule has 2 aliphatic rings. The Balaban J connectivity index is 1.15. The lowest BCUT2D eigenvalue weighted by atomic mass is 9.96. The molecule has 0 aliphatic carbocycles. The van der Waals surface area contributed by atoms with Gasteiger partial charge in [-0.25, -0.2) is 9.97 Å². The van der Waals surface area contributed by atoms with Crippen LogP contribution in [0.4, 0.5) is 0 Å². The van der Waals surface area contributed by atoms with Gasteiger partial charge in [-0.05, 0) is 93.8 Å². The van der Waals surface area contributed by atoms with E-state index in [0.29, 0.717) is 59.7 Å². The largest absolute Gasteiger partial charge is 0.481 e. The first-order valence-corrected chi connectivity index (χ1v) is 17.0. The van der Waals surface area contributed by atoms with Gasteiger partial charge in [0, 0.05) is 41.4 Å². The predicted molar refractivity (Wildman–Crippen MR) is 182 cm³/mol. The quantitative estimate of drug-likeness (QED) is 0.180. The normalized spacial score (nSPS) is 17.8. The zero-order valence-corrected chi connectivity index (χ0v) is 27.9. The molecule has 1 N–H and O–H groups in total. The number of hydrogen-bond donors (Lipinski definition) is 1. The molecule has 1 atom stereocenters. The molecule has 0 bridgehead atoms. The van der Waals surface area contributed by atoms with Gasteiger partial charge in [0.1, 0.15) is 16.6 Å². The summed E-state index contributed by atoms with van der Waals surface area (Å²) in [5, 5.41) is 20.9. The highest BCUT2D eigenvalue weighted by atomic mass is 35.5. The van der Waals surface area contributed by atoms with Crippen molar-refractivity contribution < 1.29 is 14.3 Å². The van der Waals surface area contributed by atoms with Crippen molar-refractivity contribution in [1.82, 2.24) is 24.3 Å². The van der Waals surface area contributed by atoms with Crippen LogP contribution in [0.2, 0.25) is 5.02 Å². The van der Waals surface area contributed by atoms with E-state index in [1.54, 1.807) is 11.8 Å². The van der Waals surface area contributed by atoms with Crippen LogP contribution in [-0.4, -0.2) is 68.6 Å². The zero-order valence-electron chi connectivity index (χ0n) is 26.3. The fourth-order valence-electron chi connectivity index (χ4n) is 6.75. The molecule has 240 valence electrons. The molecule has 7 rings (SSSR count). The predicted octanol–water partition coefficient (Wildman–Crippen LogP) is 7.52. The van der Waals surface area contributed by atoms with E-state index >= 15 is 0 Å². The van der Waals surface area contributed by atoms with E-state index in [-0.39, 0.29) is 5.92 Å². The number of halogens is 1. The maximum atomic E-state index is 11.4. The average molecular weight is 667 g/mol. The number of fused-ring (bicyclic) bond motifs is 1. The molecule has 0 amide bonds. The molecular weight excluding hydrogens is 632 g/mol. The van der Waals surface area contributed by atoms with Crippen LogP contribution in [0.5, 0.6) is 0 Å². The van der Waals surface area contributed by atoms with Crippen LogP contribution in [0.3, 0.4) is 0 Å². The minimum atomic E-state index is -0.763. The van der Waals surface area contributed by atoms with Crippen molar-refractivity contribution in [3.63, 3.8) is 0 Å². The Kier molecular flexibility index (Phi) is 8.81. The number of carboxylic acid groups (broad SMARTS) is 1. The highest BCUT2D eigenvalue weighted by Gasteiger charge is 2.28. The van der Waals surface area contributed by atoms with Gasteiger partial charge in [-0.3, -0.25) is 9.69 Å². The van der Waals surface area contributed by atoms with Crippen molar-refractivity contribution in [2.24, 2.45) is 5.92 Å². The van der Waals surface area contributed by atoms with Crippen molar-refractivity contribution >= 4 is 40.4 Å². The number of imidazole rings is 1. The third-order valence-corrected chi connectivity index (χ3v) is 10.9. The molecule has 0 radical (unpaired) electrons. The zero-order chi connectivity index (χ0) is 32.7. The molecule has 0 unspecified atom stereocenters. The Bertz CT molecular complexity index is 2010. The molecule has 2 saturated heterocycles. The van der Waals surface area contributed by atoms with Gasteiger partial charge >= 0.3 is 5.97 Å². The van der Waals surface area contributed by atoms with Gasteiger partial charge in [-0.1, -0.05) is 47.6 Å². The minimum absolute atomic E-state index is 0.358. The van der Waals surface area contributed by atoms with Crippen LogP contribution in [0, 0.1) is 24.2 Å². The van der Waals surface area contributed by atoms with Gasteiger partial charge in [0.2, 0.25) is 5.89 Å². The first kappa shape index (κ1) is 31.5. The van der Waals surface area contributed by atoms with E-state index in [9.17, 15) is 15.2 Å². The number of piperidine rings is 1. The van der Waals surface area contributed by atoms with Gasteiger partial charge in [0.15, 0.2) is 5.58 Å². The highest BCUT2D eigenvalue weighted by molar-refractivity contribution is 7.99. The number of carboxylic acids is 1. The number of carbonyl (C=O) groups is 1. The summed E-state index contributed by atoms with van der Waals surface area (Å²) in [4.78, 5) is 26.3. The fraction of sp³-hybridized carbons (Fsp3) is 0.333. The summed E-state index contributed by atoms with van der Waals surface area (Å²) in [6.07, 6.45) is 6.93. The maximum Gasteiger partial charge on any atom is 0.307 e. The van der Waals surface area contributed by atoms with Crippen LogP contribution >= 0.6 is 23.4 Å². The fourth-order valence-corrected chi connectivity index (χ4v) is 7.94. The molecule has 11 heteroatoms. The number of nitrogens with zero attached hydrogens (tertiary/aromatic N) is 6. The Morgan fingerprint density at radius 2 is 1.87 bits per heavy atom. The van der Waals surface area contributed by atoms with E-state index in [1.165, 1.54) is 0 Å². The summed E-state index contributed by atoms with van der Waals surface area (Å²) < 4.78 is 8.48. The topological polar surface area (TPSA) is 111 Å². The third kappa shape index (κ3) is 6.41. The summed E-state index contributed by atoms with van der Waals surface area (Å²) in [6, 6.07) is 18.5. The van der Waals surface area contributed by atoms with Crippen LogP contribution in [0.15, 0.2) is 75.4 Å². The molecule has 2 aliphatic heterocycles. The van der Waals surface area contributed by atoms with Gasteiger partial charge in [-0.15, -0.1) is 0 Å². The lowest BCUT2D eigenvalue weighted by Crippen LogP contribution is -2.31. The van der Waals surface area contributed by atoms with Crippen LogP contribution in [0.1, 0.15) is 42.0 Å². The third-order valence-electron chi connectivity index (χ3n) is 9.42. The number of rotatable bonds is 8. The second-order valence-corrected chi connectivity index (χ2v) is 14.0. The molecule has 47 heavy (non-hydrogen) atoms. The summed E-state index contributed by atoms with van der Waals surface area (Å²) >= 11 is 8.65. The first-order valence-electron chi connectivity index (χ1n) is 15.8. The van der Waals surface area contributed by atoms with E-state index in [2.05, 4.69) is 38.7 Å². The number of nitriles is 1. The Morgan fingerprint density at radius 1 is 1.11 bits per heavy atom. The second-order valence-electron chi connectivity index (χ2n) is 12.6.